The molecule has 2 aromatic rings. The van der Waals surface area contributed by atoms with E-state index in [2.05, 4.69) is 4.98 Å². The summed E-state index contributed by atoms with van der Waals surface area (Å²) in [5.74, 6) is -0.421. The van der Waals surface area contributed by atoms with Gasteiger partial charge in [0.1, 0.15) is 5.82 Å². The summed E-state index contributed by atoms with van der Waals surface area (Å²) >= 11 is 0. The maximum absolute atomic E-state index is 12.5. The third-order valence-corrected chi connectivity index (χ3v) is 4.53. The van der Waals surface area contributed by atoms with Crippen LogP contribution in [-0.2, 0) is 9.84 Å². The molecule has 0 saturated heterocycles. The second kappa shape index (κ2) is 5.42. The van der Waals surface area contributed by atoms with Crippen molar-refractivity contribution in [3.63, 3.8) is 0 Å². The van der Waals surface area contributed by atoms with Crippen LogP contribution in [0.15, 0.2) is 29.2 Å². The average molecular weight is 320 g/mol. The maximum Gasteiger partial charge on any atom is 0.209 e. The average Bonchev–Trinajstić information content (AvgIpc) is 2.72. The second-order valence-corrected chi connectivity index (χ2v) is 7.11. The minimum atomic E-state index is -3.32. The van der Waals surface area contributed by atoms with E-state index in [-0.39, 0.29) is 28.0 Å². The number of rotatable bonds is 4. The van der Waals surface area contributed by atoms with E-state index >= 15 is 0 Å². The highest BCUT2D eigenvalue weighted by molar-refractivity contribution is 7.90. The molecular weight excluding hydrogens is 304 g/mol. The van der Waals surface area contributed by atoms with E-state index in [4.69, 9.17) is 5.73 Å². The first-order chi connectivity index (χ1) is 10.1. The van der Waals surface area contributed by atoms with Crippen LogP contribution in [0.4, 0.5) is 5.82 Å². The Labute approximate surface area is 128 Å². The number of ketones is 2. The van der Waals surface area contributed by atoms with Gasteiger partial charge in [-0.3, -0.25) is 9.59 Å². The van der Waals surface area contributed by atoms with Gasteiger partial charge in [-0.2, -0.15) is 0 Å². The van der Waals surface area contributed by atoms with Gasteiger partial charge in [0, 0.05) is 11.8 Å². The van der Waals surface area contributed by atoms with E-state index in [1.807, 2.05) is 0 Å². The molecule has 1 aromatic carbocycles. The van der Waals surface area contributed by atoms with Crippen LogP contribution < -0.4 is 5.73 Å². The highest BCUT2D eigenvalue weighted by Gasteiger charge is 2.21. The number of aromatic amines is 1. The molecule has 0 radical (unpaired) electrons. The summed E-state index contributed by atoms with van der Waals surface area (Å²) in [6.07, 6.45) is 1.10. The summed E-state index contributed by atoms with van der Waals surface area (Å²) in [7, 11) is -3.32. The van der Waals surface area contributed by atoms with Crippen LogP contribution in [0.3, 0.4) is 0 Å². The smallest absolute Gasteiger partial charge is 0.209 e. The zero-order chi connectivity index (χ0) is 16.7. The van der Waals surface area contributed by atoms with Crippen LogP contribution in [-0.4, -0.2) is 31.2 Å². The lowest BCUT2D eigenvalue weighted by Crippen LogP contribution is -2.05. The first-order valence-corrected chi connectivity index (χ1v) is 8.36. The molecule has 0 unspecified atom stereocenters. The Morgan fingerprint density at radius 1 is 1.14 bits per heavy atom. The largest absolute Gasteiger partial charge is 0.385 e. The summed E-state index contributed by atoms with van der Waals surface area (Å²) in [6, 6.07) is 5.61. The van der Waals surface area contributed by atoms with Crippen molar-refractivity contribution in [3.8, 4) is 0 Å². The first-order valence-electron chi connectivity index (χ1n) is 6.46. The van der Waals surface area contributed by atoms with E-state index in [9.17, 15) is 18.0 Å². The summed E-state index contributed by atoms with van der Waals surface area (Å²) in [4.78, 5) is 26.9. The van der Waals surface area contributed by atoms with E-state index in [1.54, 1.807) is 6.92 Å². The normalized spacial score (nSPS) is 11.4. The number of benzene rings is 1. The molecule has 0 atom stereocenters. The third kappa shape index (κ3) is 2.80. The topological polar surface area (TPSA) is 110 Å². The third-order valence-electron chi connectivity index (χ3n) is 3.40. The Balaban J connectivity index is 2.45. The van der Waals surface area contributed by atoms with Gasteiger partial charge >= 0.3 is 0 Å². The molecule has 1 heterocycles. The van der Waals surface area contributed by atoms with Gasteiger partial charge in [0.2, 0.25) is 5.78 Å². The molecule has 7 heteroatoms. The van der Waals surface area contributed by atoms with E-state index < -0.39 is 9.84 Å². The Bertz CT molecular complexity index is 862. The van der Waals surface area contributed by atoms with Crippen molar-refractivity contribution in [1.29, 1.82) is 0 Å². The van der Waals surface area contributed by atoms with E-state index in [0.717, 1.165) is 6.26 Å². The van der Waals surface area contributed by atoms with Crippen LogP contribution in [0.2, 0.25) is 0 Å². The molecule has 0 spiro atoms. The van der Waals surface area contributed by atoms with Gasteiger partial charge < -0.3 is 10.7 Å². The fourth-order valence-corrected chi connectivity index (χ4v) is 2.93. The predicted octanol–water partition coefficient (Wildman–Crippen LogP) is 1.74. The number of nitrogens with two attached hydrogens (primary N) is 1. The van der Waals surface area contributed by atoms with Crippen molar-refractivity contribution in [1.82, 2.24) is 4.98 Å². The minimum absolute atomic E-state index is 0.135. The Morgan fingerprint density at radius 2 is 1.68 bits per heavy atom. The van der Waals surface area contributed by atoms with Gasteiger partial charge in [-0.1, -0.05) is 0 Å². The number of aromatic nitrogens is 1. The molecule has 0 aliphatic carbocycles. The fraction of sp³-hybridized carbons (Fsp3) is 0.200. The molecule has 116 valence electrons. The summed E-state index contributed by atoms with van der Waals surface area (Å²) in [6.45, 7) is 3.02. The van der Waals surface area contributed by atoms with Crippen LogP contribution >= 0.6 is 0 Å². The molecule has 0 aliphatic rings. The van der Waals surface area contributed by atoms with Gasteiger partial charge in [0.15, 0.2) is 15.6 Å². The van der Waals surface area contributed by atoms with Gasteiger partial charge in [-0.15, -0.1) is 0 Å². The Kier molecular flexibility index (Phi) is 3.93. The lowest BCUT2D eigenvalue weighted by molar-refractivity contribution is 0.101. The van der Waals surface area contributed by atoms with Crippen LogP contribution in [0.1, 0.15) is 38.9 Å². The predicted molar refractivity (Wildman–Crippen MR) is 82.9 cm³/mol. The number of nitrogen functional groups attached to an aromatic ring is 1. The number of hydrogen-bond acceptors (Lipinski definition) is 5. The standard InChI is InChI=1S/C15H16N2O4S/c1-8-12(9(2)18)15(16)17-13(8)14(19)10-4-6-11(7-5-10)22(3,20)21/h4-7,17H,16H2,1-3H3. The zero-order valence-electron chi connectivity index (χ0n) is 12.4. The molecule has 1 aromatic heterocycles. The number of sulfone groups is 1. The molecule has 6 nitrogen and oxygen atoms in total. The number of anilines is 1. The van der Waals surface area contributed by atoms with E-state index in [1.165, 1.54) is 31.2 Å². The van der Waals surface area contributed by atoms with Crippen molar-refractivity contribution < 1.29 is 18.0 Å². The van der Waals surface area contributed by atoms with Gasteiger partial charge in [-0.25, -0.2) is 8.42 Å². The Morgan fingerprint density at radius 3 is 2.09 bits per heavy atom. The lowest BCUT2D eigenvalue weighted by Gasteiger charge is -2.03. The van der Waals surface area contributed by atoms with Crippen molar-refractivity contribution in [2.75, 3.05) is 12.0 Å². The number of carbonyl (C=O) groups is 2. The first kappa shape index (κ1) is 16.0. The monoisotopic (exact) mass is 320 g/mol. The quantitative estimate of drug-likeness (QED) is 0.834. The summed E-state index contributed by atoms with van der Waals surface area (Å²) < 4.78 is 22.8. The van der Waals surface area contributed by atoms with Crippen LogP contribution in [0.25, 0.3) is 0 Å². The zero-order valence-corrected chi connectivity index (χ0v) is 13.2. The van der Waals surface area contributed by atoms with Crippen molar-refractivity contribution in [2.24, 2.45) is 0 Å². The van der Waals surface area contributed by atoms with Crippen LogP contribution in [0, 0.1) is 6.92 Å². The molecule has 3 N–H and O–H groups in total. The molecule has 0 fully saturated rings. The SMILES string of the molecule is CC(=O)c1c(N)[nH]c(C(=O)c2ccc(S(C)(=O)=O)cc2)c1C. The lowest BCUT2D eigenvalue weighted by atomic mass is 10.0. The van der Waals surface area contributed by atoms with Crippen molar-refractivity contribution in [3.05, 3.63) is 46.6 Å². The van der Waals surface area contributed by atoms with Crippen molar-refractivity contribution >= 4 is 27.2 Å². The fourth-order valence-electron chi connectivity index (χ4n) is 2.30. The molecule has 0 bridgehead atoms. The molecule has 0 amide bonds. The molecule has 0 saturated carbocycles. The van der Waals surface area contributed by atoms with Gasteiger partial charge in [0.25, 0.3) is 0 Å². The molecule has 2 rings (SSSR count). The molecular formula is C15H16N2O4S. The number of carbonyl (C=O) groups excluding carboxylic acids is 2. The van der Waals surface area contributed by atoms with E-state index in [0.29, 0.717) is 16.7 Å². The number of hydrogen-bond donors (Lipinski definition) is 2. The second-order valence-electron chi connectivity index (χ2n) is 5.10. The highest BCUT2D eigenvalue weighted by atomic mass is 32.2. The van der Waals surface area contributed by atoms with Crippen molar-refractivity contribution in [2.45, 2.75) is 18.7 Å². The van der Waals surface area contributed by atoms with Crippen LogP contribution in [0.5, 0.6) is 0 Å². The maximum atomic E-state index is 12.5. The molecule has 0 aliphatic heterocycles. The summed E-state index contributed by atoms with van der Waals surface area (Å²) in [5, 5.41) is 0. The number of Topliss-reactive ketones (excluding diaryl/α,β-unsaturated/α-hetero) is 1. The van der Waals surface area contributed by atoms with Gasteiger partial charge in [0.05, 0.1) is 16.2 Å². The number of nitrogens with one attached hydrogen (secondary N) is 1. The highest BCUT2D eigenvalue weighted by Crippen LogP contribution is 2.23. The molecule has 22 heavy (non-hydrogen) atoms. The number of H-pyrrole nitrogens is 1. The Hall–Kier alpha value is -2.41. The van der Waals surface area contributed by atoms with Gasteiger partial charge in [-0.05, 0) is 43.7 Å². The summed E-state index contributed by atoms with van der Waals surface area (Å²) in [5.41, 5.74) is 7.07. The minimum Gasteiger partial charge on any atom is -0.385 e.